The van der Waals surface area contributed by atoms with E-state index in [9.17, 15) is 0 Å². The summed E-state index contributed by atoms with van der Waals surface area (Å²) >= 11 is 3.07. The Morgan fingerprint density at radius 1 is 1.53 bits per heavy atom. The maximum absolute atomic E-state index is 6.00. The van der Waals surface area contributed by atoms with Gasteiger partial charge >= 0.3 is 0 Å². The van der Waals surface area contributed by atoms with Crippen molar-refractivity contribution in [3.05, 3.63) is 10.4 Å². The summed E-state index contributed by atoms with van der Waals surface area (Å²) < 4.78 is 4.27. The van der Waals surface area contributed by atoms with Crippen LogP contribution in [-0.2, 0) is 0 Å². The summed E-state index contributed by atoms with van der Waals surface area (Å²) in [4.78, 5) is 6.85. The maximum Gasteiger partial charge on any atom is 0.148 e. The number of nitrogens with zero attached hydrogens (tertiary/aromatic N) is 3. The number of rotatable bonds is 3. The van der Waals surface area contributed by atoms with Crippen LogP contribution in [0.5, 0.6) is 0 Å². The van der Waals surface area contributed by atoms with Crippen molar-refractivity contribution in [1.29, 1.82) is 0 Å². The first-order chi connectivity index (χ1) is 9.13. The first-order valence-electron chi connectivity index (χ1n) is 6.26. The summed E-state index contributed by atoms with van der Waals surface area (Å²) in [6, 6.07) is 0.475. The summed E-state index contributed by atoms with van der Waals surface area (Å²) in [7, 11) is 2.15. The zero-order valence-electron chi connectivity index (χ0n) is 11.0. The molecular weight excluding hydrogens is 278 g/mol. The van der Waals surface area contributed by atoms with E-state index in [4.69, 9.17) is 5.73 Å². The molecule has 1 unspecified atom stereocenters. The predicted octanol–water partition coefficient (Wildman–Crippen LogP) is 2.27. The second-order valence-electron chi connectivity index (χ2n) is 4.92. The van der Waals surface area contributed by atoms with Crippen molar-refractivity contribution in [2.24, 2.45) is 0 Å². The second-order valence-corrected chi connectivity index (χ2v) is 6.75. The molecule has 1 fully saturated rings. The summed E-state index contributed by atoms with van der Waals surface area (Å²) in [5.74, 6) is 0.573. The van der Waals surface area contributed by atoms with Crippen LogP contribution in [0.25, 0.3) is 11.3 Å². The van der Waals surface area contributed by atoms with Crippen LogP contribution in [0, 0.1) is 6.92 Å². The Balaban J connectivity index is 1.86. The molecule has 2 aromatic rings. The lowest BCUT2D eigenvalue weighted by Gasteiger charge is -2.13. The van der Waals surface area contributed by atoms with Gasteiger partial charge in [-0.1, -0.05) is 0 Å². The van der Waals surface area contributed by atoms with Crippen molar-refractivity contribution in [2.45, 2.75) is 19.4 Å². The van der Waals surface area contributed by atoms with E-state index in [1.807, 2.05) is 12.3 Å². The van der Waals surface area contributed by atoms with E-state index >= 15 is 0 Å². The predicted molar refractivity (Wildman–Crippen MR) is 81.9 cm³/mol. The molecule has 0 amide bonds. The lowest BCUT2D eigenvalue weighted by molar-refractivity contribution is 0.414. The fourth-order valence-corrected chi connectivity index (χ4v) is 3.77. The number of anilines is 2. The lowest BCUT2D eigenvalue weighted by atomic mass is 10.2. The Morgan fingerprint density at radius 2 is 2.37 bits per heavy atom. The molecule has 0 radical (unpaired) electrons. The van der Waals surface area contributed by atoms with Gasteiger partial charge in [0.2, 0.25) is 0 Å². The summed E-state index contributed by atoms with van der Waals surface area (Å²) in [5.41, 5.74) is 7.89. The largest absolute Gasteiger partial charge is 0.382 e. The van der Waals surface area contributed by atoms with Crippen LogP contribution in [0.3, 0.4) is 0 Å². The molecule has 19 heavy (non-hydrogen) atoms. The van der Waals surface area contributed by atoms with Crippen LogP contribution in [0.15, 0.2) is 5.38 Å². The summed E-state index contributed by atoms with van der Waals surface area (Å²) in [5, 5.41) is 7.70. The van der Waals surface area contributed by atoms with Gasteiger partial charge in [-0.3, -0.25) is 0 Å². The molecule has 0 bridgehead atoms. The Morgan fingerprint density at radius 3 is 3.00 bits per heavy atom. The number of aryl methyl sites for hydroxylation is 1. The Labute approximate surface area is 120 Å². The lowest BCUT2D eigenvalue weighted by Crippen LogP contribution is -2.23. The van der Waals surface area contributed by atoms with E-state index in [1.165, 1.54) is 11.5 Å². The van der Waals surface area contributed by atoms with Crippen LogP contribution in [-0.4, -0.2) is 40.4 Å². The Hall–Kier alpha value is -1.18. The molecule has 3 N–H and O–H groups in total. The first-order valence-corrected chi connectivity index (χ1v) is 7.91. The molecule has 1 saturated heterocycles. The fourth-order valence-electron chi connectivity index (χ4n) is 2.36. The van der Waals surface area contributed by atoms with Crippen molar-refractivity contribution in [1.82, 2.24) is 14.3 Å². The van der Waals surface area contributed by atoms with E-state index in [1.54, 1.807) is 11.3 Å². The number of aromatic nitrogens is 2. The van der Waals surface area contributed by atoms with Gasteiger partial charge < -0.3 is 16.0 Å². The molecule has 0 saturated carbocycles. The molecule has 7 heteroatoms. The zero-order valence-corrected chi connectivity index (χ0v) is 12.6. The molecule has 3 heterocycles. The zero-order chi connectivity index (χ0) is 13.4. The third-order valence-electron chi connectivity index (χ3n) is 3.32. The molecule has 1 atom stereocenters. The van der Waals surface area contributed by atoms with Gasteiger partial charge in [0, 0.05) is 18.0 Å². The number of likely N-dealkylation sites (N-methyl/N-ethyl adjacent to an activating group) is 1. The molecule has 0 spiro atoms. The highest BCUT2D eigenvalue weighted by Crippen LogP contribution is 2.37. The van der Waals surface area contributed by atoms with Gasteiger partial charge in [0.25, 0.3) is 0 Å². The summed E-state index contributed by atoms with van der Waals surface area (Å²) in [6.07, 6.45) is 1.16. The minimum absolute atomic E-state index is 0.475. The molecule has 3 rings (SSSR count). The van der Waals surface area contributed by atoms with Crippen molar-refractivity contribution in [3.63, 3.8) is 0 Å². The molecule has 0 aromatic carbocycles. The number of thiazole rings is 1. The quantitative estimate of drug-likeness (QED) is 0.909. The van der Waals surface area contributed by atoms with E-state index in [0.717, 1.165) is 40.8 Å². The number of nitrogen functional groups attached to an aromatic ring is 1. The second kappa shape index (κ2) is 5.07. The van der Waals surface area contributed by atoms with Gasteiger partial charge in [-0.2, -0.15) is 4.37 Å². The maximum atomic E-state index is 6.00. The Kier molecular flexibility index (Phi) is 3.42. The SMILES string of the molecule is Cc1nc(-c2c(N)nsc2NC2CCN(C)C2)cs1. The summed E-state index contributed by atoms with van der Waals surface area (Å²) in [6.45, 7) is 4.20. The number of likely N-dealkylation sites (tertiary alicyclic amines) is 1. The van der Waals surface area contributed by atoms with Crippen LogP contribution in [0.2, 0.25) is 0 Å². The van der Waals surface area contributed by atoms with Gasteiger partial charge in [0.1, 0.15) is 10.8 Å². The van der Waals surface area contributed by atoms with E-state index in [0.29, 0.717) is 11.9 Å². The highest BCUT2D eigenvalue weighted by molar-refractivity contribution is 7.11. The average Bonchev–Trinajstić information content (AvgIpc) is 3.03. The third-order valence-corrected chi connectivity index (χ3v) is 4.89. The monoisotopic (exact) mass is 295 g/mol. The van der Waals surface area contributed by atoms with Crippen molar-refractivity contribution in [3.8, 4) is 11.3 Å². The molecular formula is C12H17N5S2. The van der Waals surface area contributed by atoms with Crippen LogP contribution < -0.4 is 11.1 Å². The third kappa shape index (κ3) is 2.58. The number of nitrogens with two attached hydrogens (primary N) is 1. The Bertz CT molecular complexity index is 576. The van der Waals surface area contributed by atoms with Crippen molar-refractivity contribution >= 4 is 33.7 Å². The number of nitrogens with one attached hydrogen (secondary N) is 1. The first kappa shape index (κ1) is 12.8. The van der Waals surface area contributed by atoms with Crippen molar-refractivity contribution in [2.75, 3.05) is 31.2 Å². The fraction of sp³-hybridized carbons (Fsp3) is 0.500. The highest BCUT2D eigenvalue weighted by Gasteiger charge is 2.23. The van der Waals surface area contributed by atoms with E-state index in [-0.39, 0.29) is 0 Å². The van der Waals surface area contributed by atoms with Gasteiger partial charge in [-0.25, -0.2) is 4.98 Å². The molecule has 2 aromatic heterocycles. The van der Waals surface area contributed by atoms with E-state index in [2.05, 4.69) is 26.6 Å². The highest BCUT2D eigenvalue weighted by atomic mass is 32.1. The molecule has 5 nitrogen and oxygen atoms in total. The number of hydrogen-bond donors (Lipinski definition) is 2. The molecule has 0 aliphatic carbocycles. The van der Waals surface area contributed by atoms with Gasteiger partial charge in [-0.05, 0) is 38.5 Å². The van der Waals surface area contributed by atoms with Gasteiger partial charge in [-0.15, -0.1) is 11.3 Å². The van der Waals surface area contributed by atoms with Crippen molar-refractivity contribution < 1.29 is 0 Å². The smallest absolute Gasteiger partial charge is 0.148 e. The minimum atomic E-state index is 0.475. The normalized spacial score (nSPS) is 20.0. The van der Waals surface area contributed by atoms with Crippen LogP contribution in [0.4, 0.5) is 10.8 Å². The molecule has 1 aliphatic heterocycles. The average molecular weight is 295 g/mol. The van der Waals surface area contributed by atoms with E-state index < -0.39 is 0 Å². The molecule has 102 valence electrons. The standard InChI is InChI=1S/C12H17N5S2/c1-7-14-9(6-18-7)10-11(13)16-19-12(10)15-8-3-4-17(2)5-8/h6,8,15H,3-5H2,1-2H3,(H2,13,16). The van der Waals surface area contributed by atoms with Crippen LogP contribution >= 0.6 is 22.9 Å². The van der Waals surface area contributed by atoms with Gasteiger partial charge in [0.05, 0.1) is 16.3 Å². The molecule has 1 aliphatic rings. The minimum Gasteiger partial charge on any atom is -0.382 e. The number of hydrogen-bond acceptors (Lipinski definition) is 7. The topological polar surface area (TPSA) is 67.1 Å². The van der Waals surface area contributed by atoms with Crippen LogP contribution in [0.1, 0.15) is 11.4 Å². The van der Waals surface area contributed by atoms with Gasteiger partial charge in [0.15, 0.2) is 0 Å².